The monoisotopic (exact) mass is 317 g/mol. The lowest BCUT2D eigenvalue weighted by molar-refractivity contribution is 0.0841. The molecule has 2 N–H and O–H groups in total. The van der Waals surface area contributed by atoms with E-state index in [1.165, 1.54) is 0 Å². The number of aromatic amines is 1. The highest BCUT2D eigenvalue weighted by molar-refractivity contribution is 8.13. The minimum atomic E-state index is -4.00. The van der Waals surface area contributed by atoms with E-state index in [2.05, 4.69) is 15.5 Å². The van der Waals surface area contributed by atoms with Crippen LogP contribution in [0.3, 0.4) is 0 Å². The van der Waals surface area contributed by atoms with E-state index in [-0.39, 0.29) is 22.0 Å². The van der Waals surface area contributed by atoms with Crippen LogP contribution < -0.4 is 5.32 Å². The Bertz CT molecular complexity index is 659. The number of carbonyl (C=O) groups is 1. The van der Waals surface area contributed by atoms with Gasteiger partial charge in [-0.1, -0.05) is 0 Å². The van der Waals surface area contributed by atoms with Gasteiger partial charge in [-0.05, 0) is 39.0 Å². The second kappa shape index (κ2) is 4.46. The average molecular weight is 318 g/mol. The molecule has 0 saturated heterocycles. The van der Waals surface area contributed by atoms with E-state index in [1.54, 1.807) is 0 Å². The molecule has 1 aromatic rings. The normalized spacial score (nSPS) is 21.3. The molecule has 1 heterocycles. The maximum atomic E-state index is 12.3. The summed E-state index contributed by atoms with van der Waals surface area (Å²) < 4.78 is 23.5. The van der Waals surface area contributed by atoms with Gasteiger partial charge in [0.2, 0.25) is 0 Å². The zero-order valence-electron chi connectivity index (χ0n) is 11.1. The third kappa shape index (κ3) is 2.44. The van der Waals surface area contributed by atoms with Crippen LogP contribution in [0.2, 0.25) is 0 Å². The largest absolute Gasteiger partial charge is 0.345 e. The Labute approximate surface area is 121 Å². The van der Waals surface area contributed by atoms with E-state index in [0.717, 1.165) is 32.1 Å². The third-order valence-corrected chi connectivity index (χ3v) is 5.43. The van der Waals surface area contributed by atoms with Crippen molar-refractivity contribution in [3.05, 3.63) is 11.4 Å². The zero-order chi connectivity index (χ0) is 14.5. The summed E-state index contributed by atoms with van der Waals surface area (Å²) in [6, 6.07) is 0. The predicted molar refractivity (Wildman–Crippen MR) is 73.3 cm³/mol. The lowest BCUT2D eigenvalue weighted by atomic mass is 9.78. The fourth-order valence-corrected chi connectivity index (χ4v) is 3.87. The molecule has 0 atom stereocenters. The van der Waals surface area contributed by atoms with Gasteiger partial charge in [-0.15, -0.1) is 0 Å². The first-order valence-electron chi connectivity index (χ1n) is 6.66. The van der Waals surface area contributed by atoms with Crippen LogP contribution >= 0.6 is 10.7 Å². The molecule has 0 aliphatic heterocycles. The van der Waals surface area contributed by atoms with Crippen LogP contribution in [0.25, 0.3) is 0 Å². The molecule has 0 aromatic carbocycles. The number of H-pyrrole nitrogens is 1. The van der Waals surface area contributed by atoms with Gasteiger partial charge in [-0.25, -0.2) is 8.42 Å². The minimum absolute atomic E-state index is 0.116. The van der Waals surface area contributed by atoms with Crippen LogP contribution in [-0.2, 0) is 9.05 Å². The fourth-order valence-electron chi connectivity index (χ4n) is 2.56. The van der Waals surface area contributed by atoms with E-state index in [4.69, 9.17) is 10.7 Å². The second-order valence-corrected chi connectivity index (χ2v) is 8.40. The molecule has 2 saturated carbocycles. The summed E-state index contributed by atoms with van der Waals surface area (Å²) in [5.74, 6) is -0.360. The molecule has 0 spiro atoms. The van der Waals surface area contributed by atoms with Crippen molar-refractivity contribution in [3.63, 3.8) is 0 Å². The standard InChI is InChI=1S/C12H16ClN3O3S/c1-12(5-2-6-12)14-11(17)9-10(20(13,18)19)8(15-16-9)7-3-4-7/h7H,2-6H2,1H3,(H,14,17)(H,15,16). The molecule has 3 rings (SSSR count). The van der Waals surface area contributed by atoms with Crippen LogP contribution in [0, 0.1) is 0 Å². The highest BCUT2D eigenvalue weighted by atomic mass is 35.7. The number of nitrogens with one attached hydrogen (secondary N) is 2. The zero-order valence-corrected chi connectivity index (χ0v) is 12.6. The number of carbonyl (C=O) groups excluding carboxylic acids is 1. The summed E-state index contributed by atoms with van der Waals surface area (Å²) in [4.78, 5) is 12.1. The molecule has 1 amide bonds. The molecule has 2 fully saturated rings. The number of hydrogen-bond donors (Lipinski definition) is 2. The molecule has 6 nitrogen and oxygen atoms in total. The average Bonchev–Trinajstić information content (AvgIpc) is 3.03. The van der Waals surface area contributed by atoms with Crippen LogP contribution in [-0.4, -0.2) is 30.1 Å². The van der Waals surface area contributed by atoms with Gasteiger partial charge >= 0.3 is 0 Å². The quantitative estimate of drug-likeness (QED) is 0.829. The van der Waals surface area contributed by atoms with E-state index in [1.807, 2.05) is 6.92 Å². The van der Waals surface area contributed by atoms with E-state index in [0.29, 0.717) is 5.69 Å². The summed E-state index contributed by atoms with van der Waals surface area (Å²) in [6.07, 6.45) is 4.62. The molecule has 8 heteroatoms. The van der Waals surface area contributed by atoms with Crippen molar-refractivity contribution in [1.29, 1.82) is 0 Å². The molecule has 20 heavy (non-hydrogen) atoms. The first-order chi connectivity index (χ1) is 9.30. The van der Waals surface area contributed by atoms with Crippen LogP contribution in [0.1, 0.15) is 61.1 Å². The highest BCUT2D eigenvalue weighted by Crippen LogP contribution is 2.43. The van der Waals surface area contributed by atoms with E-state index >= 15 is 0 Å². The van der Waals surface area contributed by atoms with Crippen molar-refractivity contribution >= 4 is 25.6 Å². The topological polar surface area (TPSA) is 91.9 Å². The lowest BCUT2D eigenvalue weighted by Gasteiger charge is -2.38. The molecular formula is C12H16ClN3O3S. The van der Waals surface area contributed by atoms with Gasteiger partial charge in [0, 0.05) is 22.1 Å². The number of amides is 1. The van der Waals surface area contributed by atoms with Gasteiger partial charge in [-0.2, -0.15) is 5.10 Å². The summed E-state index contributed by atoms with van der Waals surface area (Å²) in [7, 11) is 1.48. The molecule has 0 unspecified atom stereocenters. The van der Waals surface area contributed by atoms with Gasteiger partial charge in [0.1, 0.15) is 4.90 Å². The third-order valence-electron chi connectivity index (χ3n) is 4.06. The Kier molecular flexibility index (Phi) is 3.10. The number of aromatic nitrogens is 2. The number of rotatable bonds is 4. The molecule has 110 valence electrons. The van der Waals surface area contributed by atoms with Crippen molar-refractivity contribution in [2.45, 2.75) is 55.4 Å². The Morgan fingerprint density at radius 1 is 1.45 bits per heavy atom. The molecule has 0 bridgehead atoms. The summed E-state index contributed by atoms with van der Waals surface area (Å²) >= 11 is 0. The second-order valence-electron chi connectivity index (χ2n) is 5.90. The van der Waals surface area contributed by atoms with E-state index < -0.39 is 15.0 Å². The maximum absolute atomic E-state index is 12.3. The van der Waals surface area contributed by atoms with E-state index in [9.17, 15) is 13.2 Å². The minimum Gasteiger partial charge on any atom is -0.345 e. The molecular weight excluding hydrogens is 302 g/mol. The first-order valence-corrected chi connectivity index (χ1v) is 8.96. The lowest BCUT2D eigenvalue weighted by Crippen LogP contribution is -2.51. The molecule has 2 aliphatic carbocycles. The van der Waals surface area contributed by atoms with Crippen LogP contribution in [0.4, 0.5) is 0 Å². The molecule has 1 aromatic heterocycles. The number of hydrogen-bond acceptors (Lipinski definition) is 4. The van der Waals surface area contributed by atoms with Gasteiger partial charge in [0.25, 0.3) is 15.0 Å². The molecule has 0 radical (unpaired) electrons. The fraction of sp³-hybridized carbons (Fsp3) is 0.667. The summed E-state index contributed by atoms with van der Waals surface area (Å²) in [6.45, 7) is 1.94. The van der Waals surface area contributed by atoms with Crippen LogP contribution in [0.15, 0.2) is 4.90 Å². The van der Waals surface area contributed by atoms with Gasteiger partial charge in [-0.3, -0.25) is 9.89 Å². The summed E-state index contributed by atoms with van der Waals surface area (Å²) in [5, 5.41) is 9.41. The maximum Gasteiger partial charge on any atom is 0.273 e. The smallest absolute Gasteiger partial charge is 0.273 e. The highest BCUT2D eigenvalue weighted by Gasteiger charge is 2.39. The Morgan fingerprint density at radius 3 is 2.55 bits per heavy atom. The van der Waals surface area contributed by atoms with Gasteiger partial charge in [0.05, 0.1) is 5.69 Å². The van der Waals surface area contributed by atoms with Crippen LogP contribution in [0.5, 0.6) is 0 Å². The van der Waals surface area contributed by atoms with Crippen molar-refractivity contribution in [3.8, 4) is 0 Å². The Morgan fingerprint density at radius 2 is 2.10 bits per heavy atom. The summed E-state index contributed by atoms with van der Waals surface area (Å²) in [5.41, 5.74) is 0.0854. The van der Waals surface area contributed by atoms with Gasteiger partial charge in [0.15, 0.2) is 5.69 Å². The Hall–Kier alpha value is -1.08. The molecule has 2 aliphatic rings. The van der Waals surface area contributed by atoms with Crippen molar-refractivity contribution in [2.24, 2.45) is 0 Å². The predicted octanol–water partition coefficient (Wildman–Crippen LogP) is 1.89. The van der Waals surface area contributed by atoms with Gasteiger partial charge < -0.3 is 5.32 Å². The number of halogens is 1. The van der Waals surface area contributed by atoms with Crippen molar-refractivity contribution < 1.29 is 13.2 Å². The first kappa shape index (κ1) is 13.9. The number of nitrogens with zero attached hydrogens (tertiary/aromatic N) is 1. The SMILES string of the molecule is CC1(NC(=O)c2n[nH]c(C3CC3)c2S(=O)(=O)Cl)CCC1. The van der Waals surface area contributed by atoms with Crippen molar-refractivity contribution in [2.75, 3.05) is 0 Å². The van der Waals surface area contributed by atoms with Crippen molar-refractivity contribution in [1.82, 2.24) is 15.5 Å². The Balaban J connectivity index is 1.94.